The van der Waals surface area contributed by atoms with E-state index < -0.39 is 11.7 Å². The summed E-state index contributed by atoms with van der Waals surface area (Å²) in [6.45, 7) is 1.82. The third-order valence-electron chi connectivity index (χ3n) is 2.95. The third-order valence-corrected chi connectivity index (χ3v) is 3.53. The lowest BCUT2D eigenvalue weighted by Crippen LogP contribution is -2.07. The van der Waals surface area contributed by atoms with Gasteiger partial charge >= 0.3 is 6.18 Å². The fourth-order valence-corrected chi connectivity index (χ4v) is 2.56. The molecular formula is C14H10Cl2F3N5. The van der Waals surface area contributed by atoms with Gasteiger partial charge in [-0.05, 0) is 18.6 Å². The van der Waals surface area contributed by atoms with Crippen LogP contribution in [0.1, 0.15) is 24.5 Å². The molecule has 0 saturated carbocycles. The Kier molecular flexibility index (Phi) is 5.06. The SMILES string of the molecule is CCC=Nc1c(C#N)c(N)nn1-c1c(Cl)cc(C(F)(F)F)cc1Cl. The molecule has 126 valence electrons. The van der Waals surface area contributed by atoms with Crippen LogP contribution in [0.2, 0.25) is 10.0 Å². The minimum absolute atomic E-state index is 0.0215. The predicted octanol–water partition coefficient (Wildman–Crippen LogP) is 4.76. The van der Waals surface area contributed by atoms with E-state index in [0.29, 0.717) is 6.42 Å². The molecule has 2 N–H and O–H groups in total. The lowest BCUT2D eigenvalue weighted by atomic mass is 10.2. The van der Waals surface area contributed by atoms with Crippen LogP contribution in [0, 0.1) is 11.3 Å². The van der Waals surface area contributed by atoms with Crippen molar-refractivity contribution in [1.29, 1.82) is 5.26 Å². The molecule has 1 heterocycles. The molecule has 0 saturated heterocycles. The van der Waals surface area contributed by atoms with Gasteiger partial charge in [-0.25, -0.2) is 9.67 Å². The lowest BCUT2D eigenvalue weighted by molar-refractivity contribution is -0.137. The van der Waals surface area contributed by atoms with Crippen LogP contribution in [0.15, 0.2) is 17.1 Å². The molecular weight excluding hydrogens is 366 g/mol. The van der Waals surface area contributed by atoms with E-state index in [2.05, 4.69) is 10.1 Å². The Morgan fingerprint density at radius 1 is 1.38 bits per heavy atom. The summed E-state index contributed by atoms with van der Waals surface area (Å²) in [5.74, 6) is -0.0896. The van der Waals surface area contributed by atoms with Crippen LogP contribution >= 0.6 is 23.2 Å². The number of benzene rings is 1. The Morgan fingerprint density at radius 2 is 1.96 bits per heavy atom. The minimum Gasteiger partial charge on any atom is -0.381 e. The quantitative estimate of drug-likeness (QED) is 0.784. The van der Waals surface area contributed by atoms with Crippen molar-refractivity contribution in [2.45, 2.75) is 19.5 Å². The number of alkyl halides is 3. The van der Waals surface area contributed by atoms with Gasteiger partial charge in [0, 0.05) is 6.21 Å². The molecule has 2 aromatic rings. The molecule has 0 aliphatic rings. The number of nitrogens with zero attached hydrogens (tertiary/aromatic N) is 4. The van der Waals surface area contributed by atoms with E-state index in [1.165, 1.54) is 6.21 Å². The van der Waals surface area contributed by atoms with Gasteiger partial charge in [-0.1, -0.05) is 30.1 Å². The Labute approximate surface area is 145 Å². The van der Waals surface area contributed by atoms with Crippen molar-refractivity contribution in [2.75, 3.05) is 5.73 Å². The molecule has 24 heavy (non-hydrogen) atoms. The van der Waals surface area contributed by atoms with Gasteiger partial charge in [-0.3, -0.25) is 0 Å². The van der Waals surface area contributed by atoms with Gasteiger partial charge in [0.25, 0.3) is 0 Å². The second kappa shape index (κ2) is 6.71. The number of halogens is 5. The average molecular weight is 376 g/mol. The second-order valence-corrected chi connectivity index (χ2v) is 5.43. The number of anilines is 1. The molecule has 2 rings (SSSR count). The molecule has 5 nitrogen and oxygen atoms in total. The number of aromatic nitrogens is 2. The zero-order valence-electron chi connectivity index (χ0n) is 12.2. The molecule has 0 atom stereocenters. The fraction of sp³-hybridized carbons (Fsp3) is 0.214. The van der Waals surface area contributed by atoms with Crippen LogP contribution in [0.25, 0.3) is 5.69 Å². The maximum atomic E-state index is 12.8. The summed E-state index contributed by atoms with van der Waals surface area (Å²) in [6, 6.07) is 3.29. The summed E-state index contributed by atoms with van der Waals surface area (Å²) in [4.78, 5) is 4.08. The monoisotopic (exact) mass is 375 g/mol. The van der Waals surface area contributed by atoms with Gasteiger partial charge < -0.3 is 5.73 Å². The van der Waals surface area contributed by atoms with E-state index in [1.807, 2.05) is 13.0 Å². The van der Waals surface area contributed by atoms with Crippen molar-refractivity contribution in [1.82, 2.24) is 9.78 Å². The predicted molar refractivity (Wildman–Crippen MR) is 86.2 cm³/mol. The second-order valence-electron chi connectivity index (χ2n) is 4.61. The molecule has 0 aliphatic carbocycles. The number of rotatable bonds is 3. The number of nitrogens with two attached hydrogens (primary N) is 1. The standard InChI is InChI=1S/C14H10Cl2F3N5/c1-2-3-22-13-8(6-20)12(21)23-24(13)11-9(15)4-7(5-10(11)16)14(17,18)19/h3-5H,2H2,1H3,(H2,21,23). The highest BCUT2D eigenvalue weighted by Crippen LogP contribution is 2.39. The van der Waals surface area contributed by atoms with Crippen LogP contribution in [-0.2, 0) is 6.18 Å². The summed E-state index contributed by atoms with van der Waals surface area (Å²) in [6.07, 6.45) is -2.54. The Hall–Kier alpha value is -2.24. The molecule has 0 unspecified atom stereocenters. The van der Waals surface area contributed by atoms with Crippen molar-refractivity contribution in [3.63, 3.8) is 0 Å². The zero-order valence-corrected chi connectivity index (χ0v) is 13.7. The Morgan fingerprint density at radius 3 is 2.42 bits per heavy atom. The van der Waals surface area contributed by atoms with Crippen LogP contribution in [-0.4, -0.2) is 16.0 Å². The first-order valence-corrected chi connectivity index (χ1v) is 7.34. The summed E-state index contributed by atoms with van der Waals surface area (Å²) in [5.41, 5.74) is 4.61. The zero-order chi connectivity index (χ0) is 18.1. The van der Waals surface area contributed by atoms with E-state index in [4.69, 9.17) is 28.9 Å². The van der Waals surface area contributed by atoms with Crippen molar-refractivity contribution in [3.05, 3.63) is 33.3 Å². The van der Waals surface area contributed by atoms with E-state index >= 15 is 0 Å². The van der Waals surface area contributed by atoms with Crippen molar-refractivity contribution in [3.8, 4) is 11.8 Å². The third kappa shape index (κ3) is 3.32. The van der Waals surface area contributed by atoms with Gasteiger partial charge in [0.15, 0.2) is 11.6 Å². The number of nitriles is 1. The number of nitrogen functional groups attached to an aromatic ring is 1. The smallest absolute Gasteiger partial charge is 0.381 e. The highest BCUT2D eigenvalue weighted by atomic mass is 35.5. The molecule has 0 spiro atoms. The first kappa shape index (κ1) is 18.1. The molecule has 0 bridgehead atoms. The number of aliphatic imine (C=N–C) groups is 1. The highest BCUT2D eigenvalue weighted by molar-refractivity contribution is 6.38. The van der Waals surface area contributed by atoms with Gasteiger partial charge in [0.2, 0.25) is 0 Å². The summed E-state index contributed by atoms with van der Waals surface area (Å²) in [7, 11) is 0. The summed E-state index contributed by atoms with van der Waals surface area (Å²) < 4.78 is 39.5. The molecule has 1 aromatic heterocycles. The number of hydrogen-bond acceptors (Lipinski definition) is 4. The van der Waals surface area contributed by atoms with Crippen LogP contribution < -0.4 is 5.73 Å². The molecule has 0 radical (unpaired) electrons. The Balaban J connectivity index is 2.74. The highest BCUT2D eigenvalue weighted by Gasteiger charge is 2.32. The van der Waals surface area contributed by atoms with E-state index in [1.54, 1.807) is 0 Å². The molecule has 1 aromatic carbocycles. The first-order valence-electron chi connectivity index (χ1n) is 6.58. The molecule has 0 fully saturated rings. The maximum Gasteiger partial charge on any atom is 0.416 e. The molecule has 10 heteroatoms. The minimum atomic E-state index is -4.60. The van der Waals surface area contributed by atoms with Gasteiger partial charge in [0.1, 0.15) is 17.3 Å². The van der Waals surface area contributed by atoms with Crippen molar-refractivity contribution in [2.24, 2.45) is 4.99 Å². The van der Waals surface area contributed by atoms with Gasteiger partial charge in [-0.15, -0.1) is 5.10 Å². The van der Waals surface area contributed by atoms with E-state index in [0.717, 1.165) is 16.8 Å². The van der Waals surface area contributed by atoms with Crippen molar-refractivity contribution >= 4 is 41.1 Å². The Bertz CT molecular complexity index is 826. The van der Waals surface area contributed by atoms with Crippen LogP contribution in [0.4, 0.5) is 24.8 Å². The van der Waals surface area contributed by atoms with Crippen LogP contribution in [0.5, 0.6) is 0 Å². The molecule has 0 amide bonds. The lowest BCUT2D eigenvalue weighted by Gasteiger charge is -2.13. The summed E-state index contributed by atoms with van der Waals surface area (Å²) in [5, 5.41) is 12.5. The topological polar surface area (TPSA) is 80.0 Å². The van der Waals surface area contributed by atoms with Gasteiger partial charge in [-0.2, -0.15) is 18.4 Å². The first-order chi connectivity index (χ1) is 11.2. The number of hydrogen-bond donors (Lipinski definition) is 1. The fourth-order valence-electron chi connectivity index (χ4n) is 1.92. The summed E-state index contributed by atoms with van der Waals surface area (Å²) >= 11 is 11.9. The van der Waals surface area contributed by atoms with E-state index in [-0.39, 0.29) is 32.9 Å². The largest absolute Gasteiger partial charge is 0.416 e. The normalized spacial score (nSPS) is 11.9. The average Bonchev–Trinajstić information content (AvgIpc) is 2.79. The van der Waals surface area contributed by atoms with Crippen LogP contribution in [0.3, 0.4) is 0 Å². The van der Waals surface area contributed by atoms with E-state index in [9.17, 15) is 18.4 Å². The van der Waals surface area contributed by atoms with Crippen molar-refractivity contribution < 1.29 is 13.2 Å². The maximum absolute atomic E-state index is 12.8. The van der Waals surface area contributed by atoms with Gasteiger partial charge in [0.05, 0.1) is 15.6 Å². The molecule has 0 aliphatic heterocycles.